The first-order chi connectivity index (χ1) is 12.6. The molecule has 140 valence electrons. The second kappa shape index (κ2) is 10.2. The molecule has 5 nitrogen and oxygen atoms in total. The summed E-state index contributed by atoms with van der Waals surface area (Å²) in [4.78, 5) is 13.5. The molecule has 1 amide bonds. The van der Waals surface area contributed by atoms with Gasteiger partial charge in [0, 0.05) is 23.8 Å². The lowest BCUT2D eigenvalue weighted by Gasteiger charge is -2.25. The van der Waals surface area contributed by atoms with Crippen LogP contribution in [0.2, 0.25) is 0 Å². The van der Waals surface area contributed by atoms with Crippen LogP contribution in [0.25, 0.3) is 0 Å². The minimum Gasteiger partial charge on any atom is -0.351 e. The highest BCUT2D eigenvalue weighted by molar-refractivity contribution is 7.86. The van der Waals surface area contributed by atoms with Gasteiger partial charge >= 0.3 is 0 Å². The Morgan fingerprint density at radius 1 is 1.00 bits per heavy atom. The van der Waals surface area contributed by atoms with Crippen molar-refractivity contribution in [3.8, 4) is 0 Å². The van der Waals surface area contributed by atoms with Crippen LogP contribution in [0.5, 0.6) is 0 Å². The molecule has 0 saturated carbocycles. The van der Waals surface area contributed by atoms with Crippen LogP contribution in [-0.2, 0) is 25.1 Å². The van der Waals surface area contributed by atoms with Crippen LogP contribution in [0.3, 0.4) is 0 Å². The van der Waals surface area contributed by atoms with E-state index < -0.39 is 28.2 Å². The lowest BCUT2D eigenvalue weighted by molar-refractivity contribution is -0.147. The molecule has 0 spiro atoms. The summed E-state index contributed by atoms with van der Waals surface area (Å²) in [6, 6.07) is 16.3. The molecule has 0 saturated heterocycles. The van der Waals surface area contributed by atoms with Crippen molar-refractivity contribution in [2.45, 2.75) is 37.2 Å². The minimum atomic E-state index is -1.62. The molecule has 0 aromatic heterocycles. The lowest BCUT2D eigenvalue weighted by Crippen LogP contribution is -2.44. The molecule has 2 rings (SSSR count). The van der Waals surface area contributed by atoms with Crippen LogP contribution in [0.15, 0.2) is 59.5 Å². The smallest absolute Gasteiger partial charge is 0.245 e. The maximum atomic E-state index is 13.1. The molecule has 6 heteroatoms. The zero-order chi connectivity index (χ0) is 18.9. The first-order valence-corrected chi connectivity index (χ1v) is 9.84. The van der Waals surface area contributed by atoms with Gasteiger partial charge in [-0.1, -0.05) is 35.9 Å². The van der Waals surface area contributed by atoms with Crippen LogP contribution in [0.1, 0.15) is 19.4 Å². The molecular formula is C20H25NO4S. The molecule has 0 aliphatic rings. The van der Waals surface area contributed by atoms with Crippen LogP contribution >= 0.6 is 0 Å². The van der Waals surface area contributed by atoms with Crippen LogP contribution in [0, 0.1) is 6.92 Å². The summed E-state index contributed by atoms with van der Waals surface area (Å²) in [5.74, 6) is -0.400. The Kier molecular flexibility index (Phi) is 7.97. The molecule has 2 aromatic rings. The lowest BCUT2D eigenvalue weighted by atomic mass is 10.2. The zero-order valence-corrected chi connectivity index (χ0v) is 16.1. The van der Waals surface area contributed by atoms with E-state index >= 15 is 0 Å². The van der Waals surface area contributed by atoms with Crippen LogP contribution in [0.4, 0.5) is 5.69 Å². The van der Waals surface area contributed by atoms with Gasteiger partial charge in [0.2, 0.25) is 5.91 Å². The molecule has 1 N–H and O–H groups in total. The van der Waals surface area contributed by atoms with Gasteiger partial charge in [0.25, 0.3) is 0 Å². The number of hydrogen-bond donors (Lipinski definition) is 1. The highest BCUT2D eigenvalue weighted by atomic mass is 32.2. The predicted molar refractivity (Wildman–Crippen MR) is 103 cm³/mol. The SMILES string of the molecule is CCOC(OCC)[C@H](C(=O)Nc1ccc(C)cc1)[S@](=O)c1ccccc1. The second-order valence-electron chi connectivity index (χ2n) is 5.67. The standard InChI is InChI=1S/C20H25NO4S/c1-4-24-20(25-5-2)18(26(23)17-9-7-6-8-10-17)19(22)21-16-13-11-15(3)12-14-16/h6-14,18,20H,4-5H2,1-3H3,(H,21,22)/t18-,26+/m0/s1. The summed E-state index contributed by atoms with van der Waals surface area (Å²) in [5.41, 5.74) is 1.73. The van der Waals surface area contributed by atoms with Gasteiger partial charge in [-0.25, -0.2) is 0 Å². The Hall–Kier alpha value is -2.02. The number of ether oxygens (including phenoxy) is 2. The maximum absolute atomic E-state index is 13.1. The Bertz CT molecular complexity index is 712. The van der Waals surface area contributed by atoms with Gasteiger partial charge in [-0.3, -0.25) is 9.00 Å². The van der Waals surface area contributed by atoms with Crippen molar-refractivity contribution >= 4 is 22.4 Å². The summed E-state index contributed by atoms with van der Waals surface area (Å²) in [7, 11) is -1.62. The van der Waals surface area contributed by atoms with Crippen LogP contribution in [-0.4, -0.2) is 34.9 Å². The minimum absolute atomic E-state index is 0.352. The molecule has 26 heavy (non-hydrogen) atoms. The number of anilines is 1. The Morgan fingerprint density at radius 2 is 1.58 bits per heavy atom. The number of benzene rings is 2. The van der Waals surface area contributed by atoms with E-state index in [0.29, 0.717) is 23.8 Å². The highest BCUT2D eigenvalue weighted by Crippen LogP contribution is 2.19. The number of carbonyl (C=O) groups excluding carboxylic acids is 1. The summed E-state index contributed by atoms with van der Waals surface area (Å²) in [5, 5.41) is 1.84. The van der Waals surface area contributed by atoms with Crippen molar-refractivity contribution in [3.05, 3.63) is 60.2 Å². The maximum Gasteiger partial charge on any atom is 0.245 e. The molecule has 0 unspecified atom stereocenters. The van der Waals surface area contributed by atoms with E-state index in [9.17, 15) is 9.00 Å². The molecule has 0 aliphatic heterocycles. The fourth-order valence-corrected chi connectivity index (χ4v) is 3.76. The van der Waals surface area contributed by atoms with Gasteiger partial charge in [0.15, 0.2) is 11.5 Å². The zero-order valence-electron chi connectivity index (χ0n) is 15.3. The Balaban J connectivity index is 2.30. The Morgan fingerprint density at radius 3 is 2.12 bits per heavy atom. The van der Waals surface area contributed by atoms with E-state index in [2.05, 4.69) is 5.32 Å². The molecule has 2 aromatic carbocycles. The van der Waals surface area contributed by atoms with Gasteiger partial charge in [-0.05, 0) is 45.0 Å². The first-order valence-electron chi connectivity index (χ1n) is 8.63. The third-order valence-electron chi connectivity index (χ3n) is 3.69. The molecule has 0 aliphatic carbocycles. The van der Waals surface area contributed by atoms with Crippen molar-refractivity contribution in [1.82, 2.24) is 0 Å². The number of aryl methyl sites for hydroxylation is 1. The average Bonchev–Trinajstić information content (AvgIpc) is 2.65. The normalized spacial score (nSPS) is 13.4. The third kappa shape index (κ3) is 5.49. The number of nitrogens with one attached hydrogen (secondary N) is 1. The van der Waals surface area contributed by atoms with Crippen molar-refractivity contribution in [3.63, 3.8) is 0 Å². The van der Waals surface area contributed by atoms with Crippen LogP contribution < -0.4 is 5.32 Å². The van der Waals surface area contributed by atoms with E-state index in [1.165, 1.54) is 0 Å². The summed E-state index contributed by atoms with van der Waals surface area (Å²) >= 11 is 0. The van der Waals surface area contributed by atoms with Crippen molar-refractivity contribution < 1.29 is 18.5 Å². The monoisotopic (exact) mass is 375 g/mol. The Labute approximate surface area is 157 Å². The molecular weight excluding hydrogens is 350 g/mol. The van der Waals surface area contributed by atoms with Gasteiger partial charge in [-0.2, -0.15) is 0 Å². The van der Waals surface area contributed by atoms with Crippen molar-refractivity contribution in [1.29, 1.82) is 0 Å². The molecule has 0 fully saturated rings. The number of rotatable bonds is 9. The molecule has 0 heterocycles. The quantitative estimate of drug-likeness (QED) is 0.681. The molecule has 0 bridgehead atoms. The average molecular weight is 375 g/mol. The number of carbonyl (C=O) groups is 1. The summed E-state index contributed by atoms with van der Waals surface area (Å²) < 4.78 is 24.3. The molecule has 2 atom stereocenters. The largest absolute Gasteiger partial charge is 0.351 e. The molecule has 0 radical (unpaired) electrons. The van der Waals surface area contributed by atoms with Gasteiger partial charge in [0.1, 0.15) is 0 Å². The topological polar surface area (TPSA) is 64.6 Å². The van der Waals surface area contributed by atoms with Gasteiger partial charge < -0.3 is 14.8 Å². The van der Waals surface area contributed by atoms with Crippen molar-refractivity contribution in [2.24, 2.45) is 0 Å². The third-order valence-corrected chi connectivity index (χ3v) is 5.33. The summed E-state index contributed by atoms with van der Waals surface area (Å²) in [6.45, 7) is 6.30. The van der Waals surface area contributed by atoms with E-state index in [1.54, 1.807) is 24.3 Å². The van der Waals surface area contributed by atoms with Gasteiger partial charge in [0.05, 0.1) is 10.8 Å². The first kappa shape index (κ1) is 20.3. The second-order valence-corrected chi connectivity index (χ2v) is 7.24. The van der Waals surface area contributed by atoms with E-state index in [-0.39, 0.29) is 0 Å². The number of amides is 1. The van der Waals surface area contributed by atoms with E-state index in [1.807, 2.05) is 51.1 Å². The van der Waals surface area contributed by atoms with Gasteiger partial charge in [-0.15, -0.1) is 0 Å². The predicted octanol–water partition coefficient (Wildman–Crippen LogP) is 3.51. The van der Waals surface area contributed by atoms with E-state index in [4.69, 9.17) is 9.47 Å². The summed E-state index contributed by atoms with van der Waals surface area (Å²) in [6.07, 6.45) is -0.892. The number of hydrogen-bond acceptors (Lipinski definition) is 4. The van der Waals surface area contributed by atoms with Crippen molar-refractivity contribution in [2.75, 3.05) is 18.5 Å². The fraction of sp³-hybridized carbons (Fsp3) is 0.350. The van der Waals surface area contributed by atoms with E-state index in [0.717, 1.165) is 5.56 Å². The highest BCUT2D eigenvalue weighted by Gasteiger charge is 2.36. The fourth-order valence-electron chi connectivity index (χ4n) is 2.42.